The number of rotatable bonds is 2. The Balaban J connectivity index is 1.72. The lowest BCUT2D eigenvalue weighted by atomic mass is 9.53. The SMILES string of the molecule is COc1ccc2c3c1OC1C(OC(C)=O)C=CC4C(C2)N(C(C)=O)CCC341. The molecule has 142 valence electrons. The summed E-state index contributed by atoms with van der Waals surface area (Å²) >= 11 is 0. The van der Waals surface area contributed by atoms with Crippen LogP contribution in [0.4, 0.5) is 0 Å². The summed E-state index contributed by atoms with van der Waals surface area (Å²) in [6, 6.07) is 4.13. The van der Waals surface area contributed by atoms with E-state index in [9.17, 15) is 9.59 Å². The Hall–Kier alpha value is -2.50. The fourth-order valence-corrected chi connectivity index (χ4v) is 5.87. The number of amides is 1. The van der Waals surface area contributed by atoms with E-state index >= 15 is 0 Å². The number of piperidine rings is 1. The number of carbonyl (C=O) groups is 2. The molecular formula is C21H23NO5. The van der Waals surface area contributed by atoms with Gasteiger partial charge in [0.25, 0.3) is 0 Å². The number of likely N-dealkylation sites (tertiary alicyclic amines) is 1. The lowest BCUT2D eigenvalue weighted by molar-refractivity contribution is -0.153. The fourth-order valence-electron chi connectivity index (χ4n) is 5.87. The lowest BCUT2D eigenvalue weighted by Crippen LogP contribution is -2.66. The molecule has 5 atom stereocenters. The highest BCUT2D eigenvalue weighted by molar-refractivity contribution is 5.75. The molecule has 0 saturated carbocycles. The Morgan fingerprint density at radius 1 is 1.26 bits per heavy atom. The Kier molecular flexibility index (Phi) is 3.39. The second-order valence-corrected chi connectivity index (χ2v) is 7.93. The van der Waals surface area contributed by atoms with E-state index in [0.717, 1.165) is 18.6 Å². The zero-order valence-corrected chi connectivity index (χ0v) is 15.7. The van der Waals surface area contributed by atoms with Gasteiger partial charge < -0.3 is 19.1 Å². The van der Waals surface area contributed by atoms with Crippen molar-refractivity contribution in [3.8, 4) is 11.5 Å². The molecule has 1 spiro atoms. The van der Waals surface area contributed by atoms with Crippen LogP contribution in [0.2, 0.25) is 0 Å². The summed E-state index contributed by atoms with van der Waals surface area (Å²) in [6.07, 6.45) is 4.94. The van der Waals surface area contributed by atoms with Crippen LogP contribution in [0, 0.1) is 5.92 Å². The molecule has 0 N–H and O–H groups in total. The highest BCUT2D eigenvalue weighted by Crippen LogP contribution is 2.62. The van der Waals surface area contributed by atoms with E-state index in [2.05, 4.69) is 12.1 Å². The van der Waals surface area contributed by atoms with Crippen LogP contribution in [-0.4, -0.2) is 48.7 Å². The van der Waals surface area contributed by atoms with Gasteiger partial charge in [0.15, 0.2) is 17.6 Å². The number of benzene rings is 1. The third-order valence-corrected chi connectivity index (χ3v) is 6.76. The molecule has 5 rings (SSSR count). The number of ether oxygens (including phenoxy) is 3. The van der Waals surface area contributed by atoms with Crippen LogP contribution >= 0.6 is 0 Å². The predicted molar refractivity (Wildman–Crippen MR) is 96.8 cm³/mol. The maximum atomic E-state index is 12.3. The molecule has 2 aliphatic heterocycles. The molecule has 2 bridgehead atoms. The second-order valence-electron chi connectivity index (χ2n) is 7.93. The van der Waals surface area contributed by atoms with Gasteiger partial charge in [-0.3, -0.25) is 9.59 Å². The molecule has 2 aliphatic carbocycles. The van der Waals surface area contributed by atoms with Crippen molar-refractivity contribution in [2.45, 2.75) is 50.4 Å². The smallest absolute Gasteiger partial charge is 0.303 e. The summed E-state index contributed by atoms with van der Waals surface area (Å²) in [6.45, 7) is 3.75. The van der Waals surface area contributed by atoms with Gasteiger partial charge >= 0.3 is 5.97 Å². The first-order chi connectivity index (χ1) is 13.0. The highest BCUT2D eigenvalue weighted by Gasteiger charge is 2.65. The van der Waals surface area contributed by atoms with E-state index in [1.807, 2.05) is 17.0 Å². The topological polar surface area (TPSA) is 65.1 Å². The maximum absolute atomic E-state index is 12.3. The first-order valence-corrected chi connectivity index (χ1v) is 9.47. The zero-order valence-electron chi connectivity index (χ0n) is 15.7. The minimum atomic E-state index is -0.439. The molecule has 1 saturated heterocycles. The van der Waals surface area contributed by atoms with Crippen LogP contribution < -0.4 is 9.47 Å². The number of esters is 1. The molecule has 2 heterocycles. The van der Waals surface area contributed by atoms with E-state index in [0.29, 0.717) is 12.3 Å². The molecule has 0 aromatic heterocycles. The van der Waals surface area contributed by atoms with Crippen LogP contribution in [0.3, 0.4) is 0 Å². The Bertz CT molecular complexity index is 878. The van der Waals surface area contributed by atoms with Crippen molar-refractivity contribution in [3.05, 3.63) is 35.4 Å². The quantitative estimate of drug-likeness (QED) is 0.589. The molecule has 27 heavy (non-hydrogen) atoms. The van der Waals surface area contributed by atoms with E-state index in [1.165, 1.54) is 18.1 Å². The van der Waals surface area contributed by atoms with Crippen LogP contribution in [-0.2, 0) is 26.2 Å². The first-order valence-electron chi connectivity index (χ1n) is 9.47. The highest BCUT2D eigenvalue weighted by atomic mass is 16.6. The lowest BCUT2D eigenvalue weighted by Gasteiger charge is -2.57. The summed E-state index contributed by atoms with van der Waals surface area (Å²) in [5, 5.41) is 0. The standard InChI is InChI=1S/C21H23NO5/c1-11(23)22-9-8-21-14-5-7-17(26-12(2)24)20(21)27-19-16(25-3)6-4-13(18(19)21)10-15(14)22/h4-7,14-15,17,20H,8-10H2,1-3H3. The van der Waals surface area contributed by atoms with Gasteiger partial charge in [0.1, 0.15) is 6.10 Å². The predicted octanol–water partition coefficient (Wildman–Crippen LogP) is 1.99. The van der Waals surface area contributed by atoms with Gasteiger partial charge in [-0.25, -0.2) is 0 Å². The van der Waals surface area contributed by atoms with Crippen LogP contribution in [0.5, 0.6) is 11.5 Å². The van der Waals surface area contributed by atoms with Crippen molar-refractivity contribution in [1.82, 2.24) is 4.90 Å². The Morgan fingerprint density at radius 3 is 2.78 bits per heavy atom. The Morgan fingerprint density at radius 2 is 2.07 bits per heavy atom. The van der Waals surface area contributed by atoms with Gasteiger partial charge in [-0.2, -0.15) is 0 Å². The molecule has 0 radical (unpaired) electrons. The average Bonchev–Trinajstić information content (AvgIpc) is 2.96. The molecule has 6 nitrogen and oxygen atoms in total. The van der Waals surface area contributed by atoms with Gasteiger partial charge in [-0.05, 0) is 30.5 Å². The van der Waals surface area contributed by atoms with Gasteiger partial charge in [0, 0.05) is 37.9 Å². The largest absolute Gasteiger partial charge is 0.493 e. The molecule has 6 heteroatoms. The first kappa shape index (κ1) is 16.7. The Labute approximate surface area is 158 Å². The van der Waals surface area contributed by atoms with Crippen molar-refractivity contribution < 1.29 is 23.8 Å². The molecule has 1 aromatic carbocycles. The average molecular weight is 369 g/mol. The van der Waals surface area contributed by atoms with Crippen LogP contribution in [0.25, 0.3) is 0 Å². The summed E-state index contributed by atoms with van der Waals surface area (Å²) < 4.78 is 17.6. The molecular weight excluding hydrogens is 346 g/mol. The van der Waals surface area contributed by atoms with E-state index in [1.54, 1.807) is 14.0 Å². The van der Waals surface area contributed by atoms with Crippen molar-refractivity contribution in [2.24, 2.45) is 5.92 Å². The molecule has 1 amide bonds. The minimum absolute atomic E-state index is 0.101. The summed E-state index contributed by atoms with van der Waals surface area (Å²) in [5.74, 6) is 1.43. The van der Waals surface area contributed by atoms with Gasteiger partial charge in [0.05, 0.1) is 12.5 Å². The normalized spacial score (nSPS) is 34.6. The van der Waals surface area contributed by atoms with E-state index < -0.39 is 6.10 Å². The van der Waals surface area contributed by atoms with Crippen LogP contribution in [0.15, 0.2) is 24.3 Å². The fraction of sp³-hybridized carbons (Fsp3) is 0.524. The number of nitrogens with zero attached hydrogens (tertiary/aromatic N) is 1. The number of carbonyl (C=O) groups excluding carboxylic acids is 2. The van der Waals surface area contributed by atoms with Gasteiger partial charge in [-0.15, -0.1) is 0 Å². The van der Waals surface area contributed by atoms with Gasteiger partial charge in [0.2, 0.25) is 5.91 Å². The van der Waals surface area contributed by atoms with Crippen molar-refractivity contribution in [1.29, 1.82) is 0 Å². The molecule has 4 aliphatic rings. The van der Waals surface area contributed by atoms with Crippen LogP contribution in [0.1, 0.15) is 31.4 Å². The monoisotopic (exact) mass is 369 g/mol. The minimum Gasteiger partial charge on any atom is -0.493 e. The number of hydrogen-bond donors (Lipinski definition) is 0. The summed E-state index contributed by atoms with van der Waals surface area (Å²) in [4.78, 5) is 25.9. The van der Waals surface area contributed by atoms with E-state index in [4.69, 9.17) is 14.2 Å². The maximum Gasteiger partial charge on any atom is 0.303 e. The third-order valence-electron chi connectivity index (χ3n) is 6.76. The third kappa shape index (κ3) is 2.01. The molecule has 5 unspecified atom stereocenters. The summed E-state index contributed by atoms with van der Waals surface area (Å²) in [5.41, 5.74) is 2.11. The number of hydrogen-bond acceptors (Lipinski definition) is 5. The number of methoxy groups -OCH3 is 1. The van der Waals surface area contributed by atoms with Crippen molar-refractivity contribution >= 4 is 11.9 Å². The molecule has 1 fully saturated rings. The van der Waals surface area contributed by atoms with Gasteiger partial charge in [-0.1, -0.05) is 12.1 Å². The van der Waals surface area contributed by atoms with E-state index in [-0.39, 0.29) is 35.4 Å². The zero-order chi connectivity index (χ0) is 18.9. The van der Waals surface area contributed by atoms with Crippen molar-refractivity contribution in [3.63, 3.8) is 0 Å². The summed E-state index contributed by atoms with van der Waals surface area (Å²) in [7, 11) is 1.64. The molecule has 1 aromatic rings. The second kappa shape index (κ2) is 5.50. The van der Waals surface area contributed by atoms with Crippen molar-refractivity contribution in [2.75, 3.05) is 13.7 Å².